The lowest BCUT2D eigenvalue weighted by atomic mass is 10.2. The molecule has 1 aromatic heterocycles. The first kappa shape index (κ1) is 15.5. The number of halogens is 1. The molecule has 0 amide bonds. The molecular formula is C15H20ClN5S. The number of benzene rings is 1. The van der Waals surface area contributed by atoms with Crippen LogP contribution < -0.4 is 4.90 Å². The maximum Gasteiger partial charge on any atom is 0.195 e. The van der Waals surface area contributed by atoms with E-state index < -0.39 is 0 Å². The van der Waals surface area contributed by atoms with Gasteiger partial charge in [0, 0.05) is 32.7 Å². The van der Waals surface area contributed by atoms with E-state index in [-0.39, 0.29) is 0 Å². The van der Waals surface area contributed by atoms with Crippen molar-refractivity contribution in [2.75, 3.05) is 31.1 Å². The molecule has 118 valence electrons. The molecule has 1 aliphatic rings. The number of anilines is 1. The van der Waals surface area contributed by atoms with E-state index in [1.54, 1.807) is 0 Å². The van der Waals surface area contributed by atoms with Gasteiger partial charge < -0.3 is 9.47 Å². The summed E-state index contributed by atoms with van der Waals surface area (Å²) in [7, 11) is 0. The fraction of sp³-hybridized carbons (Fsp3) is 0.467. The van der Waals surface area contributed by atoms with Crippen molar-refractivity contribution in [2.45, 2.75) is 20.0 Å². The van der Waals surface area contributed by atoms with Crippen LogP contribution in [-0.4, -0.2) is 45.8 Å². The predicted molar refractivity (Wildman–Crippen MR) is 92.0 cm³/mol. The van der Waals surface area contributed by atoms with Crippen LogP contribution in [-0.2, 0) is 13.1 Å². The molecule has 0 saturated carbocycles. The molecular weight excluding hydrogens is 318 g/mol. The van der Waals surface area contributed by atoms with E-state index in [1.165, 1.54) is 0 Å². The molecule has 1 fully saturated rings. The number of hydrogen-bond donors (Lipinski definition) is 1. The van der Waals surface area contributed by atoms with Crippen LogP contribution in [0.3, 0.4) is 0 Å². The standard InChI is InChI=1S/C15H20ClN5S/c1-2-21-14(17-18-15(21)22)11-19-7-9-20(10-8-19)13-6-4-3-5-12(13)16/h3-6H,2,7-11H2,1H3,(H,18,22). The van der Waals surface area contributed by atoms with Crippen LogP contribution in [0.2, 0.25) is 5.02 Å². The second-order valence-electron chi connectivity index (χ2n) is 5.40. The number of hydrogen-bond acceptors (Lipinski definition) is 4. The fourth-order valence-electron chi connectivity index (χ4n) is 2.85. The lowest BCUT2D eigenvalue weighted by Gasteiger charge is -2.36. The molecule has 22 heavy (non-hydrogen) atoms. The van der Waals surface area contributed by atoms with E-state index in [9.17, 15) is 0 Å². The first-order valence-corrected chi connectivity index (χ1v) is 8.33. The second kappa shape index (κ2) is 6.81. The Balaban J connectivity index is 1.62. The molecule has 0 atom stereocenters. The zero-order valence-electron chi connectivity index (χ0n) is 12.6. The van der Waals surface area contributed by atoms with Gasteiger partial charge in [-0.05, 0) is 31.3 Å². The Hall–Kier alpha value is -1.37. The maximum atomic E-state index is 6.28. The average molecular weight is 338 g/mol. The molecule has 0 bridgehead atoms. The van der Waals surface area contributed by atoms with Gasteiger partial charge in [0.2, 0.25) is 0 Å². The van der Waals surface area contributed by atoms with E-state index in [4.69, 9.17) is 23.8 Å². The fourth-order valence-corrected chi connectivity index (χ4v) is 3.39. The summed E-state index contributed by atoms with van der Waals surface area (Å²) in [4.78, 5) is 4.75. The third-order valence-electron chi connectivity index (χ3n) is 4.08. The molecule has 2 heterocycles. The summed E-state index contributed by atoms with van der Waals surface area (Å²) in [6.45, 7) is 7.71. The summed E-state index contributed by atoms with van der Waals surface area (Å²) in [5.74, 6) is 1.01. The summed E-state index contributed by atoms with van der Waals surface area (Å²) in [6.07, 6.45) is 0. The monoisotopic (exact) mass is 337 g/mol. The lowest BCUT2D eigenvalue weighted by molar-refractivity contribution is 0.240. The Bertz CT molecular complexity index is 687. The van der Waals surface area contributed by atoms with Crippen molar-refractivity contribution >= 4 is 29.5 Å². The molecule has 1 aromatic carbocycles. The molecule has 0 aliphatic carbocycles. The quantitative estimate of drug-likeness (QED) is 0.871. The van der Waals surface area contributed by atoms with Crippen molar-refractivity contribution in [1.29, 1.82) is 0 Å². The van der Waals surface area contributed by atoms with E-state index in [0.717, 1.165) is 55.8 Å². The average Bonchev–Trinajstić information content (AvgIpc) is 2.88. The van der Waals surface area contributed by atoms with Gasteiger partial charge >= 0.3 is 0 Å². The normalized spacial score (nSPS) is 16.2. The van der Waals surface area contributed by atoms with Crippen LogP contribution in [0.1, 0.15) is 12.7 Å². The highest BCUT2D eigenvalue weighted by molar-refractivity contribution is 7.71. The zero-order chi connectivity index (χ0) is 15.5. The lowest BCUT2D eigenvalue weighted by Crippen LogP contribution is -2.46. The highest BCUT2D eigenvalue weighted by atomic mass is 35.5. The third-order valence-corrected chi connectivity index (χ3v) is 4.72. The van der Waals surface area contributed by atoms with Crippen molar-refractivity contribution in [3.05, 3.63) is 39.9 Å². The van der Waals surface area contributed by atoms with Crippen molar-refractivity contribution in [2.24, 2.45) is 0 Å². The SMILES string of the molecule is CCn1c(CN2CCN(c3ccccc3Cl)CC2)n[nH]c1=S. The third kappa shape index (κ3) is 3.19. The summed E-state index contributed by atoms with van der Waals surface area (Å²) in [5, 5.41) is 8.04. The van der Waals surface area contributed by atoms with Crippen LogP contribution >= 0.6 is 23.8 Å². The predicted octanol–water partition coefficient (Wildman–Crippen LogP) is 2.94. The van der Waals surface area contributed by atoms with E-state index in [0.29, 0.717) is 4.77 Å². The van der Waals surface area contributed by atoms with E-state index >= 15 is 0 Å². The number of H-pyrrole nitrogens is 1. The molecule has 0 spiro atoms. The number of nitrogens with one attached hydrogen (secondary N) is 1. The van der Waals surface area contributed by atoms with Crippen molar-refractivity contribution < 1.29 is 0 Å². The number of piperazine rings is 1. The van der Waals surface area contributed by atoms with Gasteiger partial charge in [-0.15, -0.1) is 0 Å². The van der Waals surface area contributed by atoms with E-state index in [1.807, 2.05) is 18.2 Å². The molecule has 1 saturated heterocycles. The Morgan fingerprint density at radius 1 is 1.23 bits per heavy atom. The maximum absolute atomic E-state index is 6.28. The van der Waals surface area contributed by atoms with Gasteiger partial charge in [-0.1, -0.05) is 23.7 Å². The smallest absolute Gasteiger partial charge is 0.195 e. The Morgan fingerprint density at radius 2 is 1.95 bits per heavy atom. The highest BCUT2D eigenvalue weighted by Gasteiger charge is 2.20. The van der Waals surface area contributed by atoms with Crippen LogP contribution in [0.15, 0.2) is 24.3 Å². The summed E-state index contributed by atoms with van der Waals surface area (Å²) < 4.78 is 2.75. The number of aromatic amines is 1. The van der Waals surface area contributed by atoms with Crippen molar-refractivity contribution in [3.8, 4) is 0 Å². The Morgan fingerprint density at radius 3 is 2.64 bits per heavy atom. The van der Waals surface area contributed by atoms with Crippen LogP contribution in [0.5, 0.6) is 0 Å². The molecule has 1 aliphatic heterocycles. The minimum absolute atomic E-state index is 0.701. The van der Waals surface area contributed by atoms with Crippen LogP contribution in [0, 0.1) is 4.77 Å². The highest BCUT2D eigenvalue weighted by Crippen LogP contribution is 2.26. The molecule has 5 nitrogen and oxygen atoms in total. The summed E-state index contributed by atoms with van der Waals surface area (Å²) >= 11 is 11.5. The number of rotatable bonds is 4. The number of para-hydroxylation sites is 1. The first-order valence-electron chi connectivity index (χ1n) is 7.55. The molecule has 0 unspecified atom stereocenters. The number of nitrogens with zero attached hydrogens (tertiary/aromatic N) is 4. The largest absolute Gasteiger partial charge is 0.368 e. The van der Waals surface area contributed by atoms with Gasteiger partial charge in [-0.2, -0.15) is 5.10 Å². The van der Waals surface area contributed by atoms with Gasteiger partial charge in [0.05, 0.1) is 17.3 Å². The minimum Gasteiger partial charge on any atom is -0.368 e. The molecule has 0 radical (unpaired) electrons. The Labute approximate surface area is 140 Å². The minimum atomic E-state index is 0.701. The van der Waals surface area contributed by atoms with Gasteiger partial charge in [0.15, 0.2) is 4.77 Å². The van der Waals surface area contributed by atoms with Crippen LogP contribution in [0.25, 0.3) is 0 Å². The molecule has 1 N–H and O–H groups in total. The van der Waals surface area contributed by atoms with Gasteiger partial charge in [-0.25, -0.2) is 0 Å². The summed E-state index contributed by atoms with van der Waals surface area (Å²) in [5.41, 5.74) is 1.13. The topological polar surface area (TPSA) is 40.1 Å². The second-order valence-corrected chi connectivity index (χ2v) is 6.20. The van der Waals surface area contributed by atoms with Gasteiger partial charge in [-0.3, -0.25) is 10.00 Å². The first-order chi connectivity index (χ1) is 10.7. The van der Waals surface area contributed by atoms with Crippen molar-refractivity contribution in [1.82, 2.24) is 19.7 Å². The van der Waals surface area contributed by atoms with Crippen molar-refractivity contribution in [3.63, 3.8) is 0 Å². The Kier molecular flexibility index (Phi) is 4.81. The van der Waals surface area contributed by atoms with Gasteiger partial charge in [0.1, 0.15) is 5.82 Å². The number of aromatic nitrogens is 3. The molecule has 2 aromatic rings. The molecule has 7 heteroatoms. The molecule has 3 rings (SSSR count). The van der Waals surface area contributed by atoms with Crippen LogP contribution in [0.4, 0.5) is 5.69 Å². The zero-order valence-corrected chi connectivity index (χ0v) is 14.2. The van der Waals surface area contributed by atoms with E-state index in [2.05, 4.69) is 37.6 Å². The summed E-state index contributed by atoms with van der Waals surface area (Å²) in [6, 6.07) is 8.03. The van der Waals surface area contributed by atoms with Gasteiger partial charge in [0.25, 0.3) is 0 Å².